The quantitative estimate of drug-likeness (QED) is 0.576. The van der Waals surface area contributed by atoms with Crippen LogP contribution < -0.4 is 9.74 Å². The second-order valence-electron chi connectivity index (χ2n) is 5.56. The van der Waals surface area contributed by atoms with Gasteiger partial charge >= 0.3 is 11.6 Å². The fraction of sp³-hybridized carbons (Fsp3) is 0.167. The Labute approximate surface area is 148 Å². The molecule has 1 heterocycles. The predicted octanol–water partition coefficient (Wildman–Crippen LogP) is 2.86. The lowest BCUT2D eigenvalue weighted by Crippen LogP contribution is -2.36. The third kappa shape index (κ3) is 3.23. The van der Waals surface area contributed by atoms with Gasteiger partial charge in [0.2, 0.25) is 0 Å². The Morgan fingerprint density at radius 1 is 1.24 bits per heavy atom. The molecule has 0 spiro atoms. The van der Waals surface area contributed by atoms with E-state index >= 15 is 0 Å². The molecule has 1 aromatic heterocycles. The Morgan fingerprint density at radius 2 is 2.00 bits per heavy atom. The average Bonchev–Trinajstić information content (AvgIpc) is 2.63. The van der Waals surface area contributed by atoms with Crippen molar-refractivity contribution in [2.75, 3.05) is 7.05 Å². The van der Waals surface area contributed by atoms with Crippen LogP contribution in [0.2, 0.25) is 0 Å². The van der Waals surface area contributed by atoms with Crippen molar-refractivity contribution in [1.29, 1.82) is 0 Å². The summed E-state index contributed by atoms with van der Waals surface area (Å²) in [7, 11) is 1.43. The van der Waals surface area contributed by atoms with E-state index in [1.54, 1.807) is 18.2 Å². The Hall–Kier alpha value is -2.80. The number of fused-ring (bicyclic) bond motifs is 1. The molecule has 0 atom stereocenters. The van der Waals surface area contributed by atoms with Gasteiger partial charge < -0.3 is 15.3 Å². The van der Waals surface area contributed by atoms with Gasteiger partial charge in [0.15, 0.2) is 0 Å². The van der Waals surface area contributed by atoms with Gasteiger partial charge in [-0.2, -0.15) is 0 Å². The Bertz CT molecular complexity index is 1010. The monoisotopic (exact) mass is 355 g/mol. The highest BCUT2D eigenvalue weighted by Crippen LogP contribution is 2.25. The van der Waals surface area contributed by atoms with E-state index in [1.165, 1.54) is 24.9 Å². The number of hydrogen-bond donors (Lipinski definition) is 1. The van der Waals surface area contributed by atoms with Gasteiger partial charge in [-0.15, -0.1) is 11.8 Å². The molecule has 0 saturated carbocycles. The van der Waals surface area contributed by atoms with Crippen molar-refractivity contribution >= 4 is 28.7 Å². The Kier molecular flexibility index (Phi) is 4.76. The number of amides is 1. The second kappa shape index (κ2) is 6.98. The zero-order valence-electron chi connectivity index (χ0n) is 13.9. The molecule has 1 amide bonds. The number of rotatable bonds is 4. The summed E-state index contributed by atoms with van der Waals surface area (Å²) >= 11 is 1.41. The highest BCUT2D eigenvalue weighted by molar-refractivity contribution is 7.98. The number of aromatic nitrogens is 2. The highest BCUT2D eigenvalue weighted by atomic mass is 32.2. The van der Waals surface area contributed by atoms with Crippen molar-refractivity contribution in [2.45, 2.75) is 17.6 Å². The molecule has 0 aliphatic carbocycles. The maximum absolute atomic E-state index is 12.8. The van der Waals surface area contributed by atoms with Crippen LogP contribution in [0.3, 0.4) is 0 Å². The van der Waals surface area contributed by atoms with E-state index in [4.69, 9.17) is 0 Å². The van der Waals surface area contributed by atoms with Gasteiger partial charge in [-0.1, -0.05) is 29.8 Å². The van der Waals surface area contributed by atoms with Crippen molar-refractivity contribution in [3.63, 3.8) is 0 Å². The van der Waals surface area contributed by atoms with Crippen LogP contribution in [0.4, 0.5) is 0 Å². The van der Waals surface area contributed by atoms with Gasteiger partial charge in [-0.25, -0.2) is 0 Å². The standard InChI is InChI=1S/C18H17N3O3S/c1-12-6-5-7-13(10-12)25-11-16-17(18(22)19-2)21(24)15-9-4-3-8-14(15)20(16)23/h3-10H,11H2,1-2H3,(H,19,22). The van der Waals surface area contributed by atoms with Gasteiger partial charge in [0, 0.05) is 28.7 Å². The van der Waals surface area contributed by atoms with Gasteiger partial charge in [-0.05, 0) is 25.1 Å². The minimum absolute atomic E-state index is 0.138. The number of hydrogen-bond acceptors (Lipinski definition) is 4. The maximum atomic E-state index is 12.8. The van der Waals surface area contributed by atoms with Crippen molar-refractivity contribution in [3.8, 4) is 0 Å². The molecule has 2 aromatic carbocycles. The number of carbonyl (C=O) groups is 1. The van der Waals surface area contributed by atoms with Crippen LogP contribution in [0.15, 0.2) is 53.4 Å². The SMILES string of the molecule is CNC(=O)c1c(CSc2cccc(C)c2)n([O-])c2ccccc2[n+]1=O. The minimum Gasteiger partial charge on any atom is -0.805 e. The summed E-state index contributed by atoms with van der Waals surface area (Å²) in [6.45, 7) is 1.98. The summed E-state index contributed by atoms with van der Waals surface area (Å²) < 4.78 is 1.21. The minimum atomic E-state index is -0.579. The molecule has 0 saturated heterocycles. The first kappa shape index (κ1) is 17.0. The highest BCUT2D eigenvalue weighted by Gasteiger charge is 2.28. The molecule has 0 aliphatic rings. The van der Waals surface area contributed by atoms with Crippen LogP contribution in [0.25, 0.3) is 11.0 Å². The first-order valence-electron chi connectivity index (χ1n) is 7.71. The van der Waals surface area contributed by atoms with Crippen molar-refractivity contribution < 1.29 is 9.22 Å². The number of nitrogens with one attached hydrogen (secondary N) is 1. The number of benzene rings is 2. The van der Waals surface area contributed by atoms with E-state index in [9.17, 15) is 14.9 Å². The van der Waals surface area contributed by atoms with Gasteiger partial charge in [0.1, 0.15) is 11.2 Å². The summed E-state index contributed by atoms with van der Waals surface area (Å²) in [5, 5.41) is 15.2. The Morgan fingerprint density at radius 3 is 2.72 bits per heavy atom. The van der Waals surface area contributed by atoms with Crippen molar-refractivity contribution in [1.82, 2.24) is 10.0 Å². The fourth-order valence-corrected chi connectivity index (χ4v) is 3.61. The van der Waals surface area contributed by atoms with Gasteiger partial charge in [0.25, 0.3) is 5.52 Å². The van der Waals surface area contributed by atoms with Crippen LogP contribution in [0.1, 0.15) is 21.7 Å². The molecule has 6 nitrogen and oxygen atoms in total. The molecule has 25 heavy (non-hydrogen) atoms. The van der Waals surface area contributed by atoms with E-state index in [1.807, 2.05) is 31.2 Å². The molecule has 0 radical (unpaired) electrons. The fourth-order valence-electron chi connectivity index (χ4n) is 2.61. The van der Waals surface area contributed by atoms with Crippen LogP contribution in [-0.4, -0.2) is 17.7 Å². The summed E-state index contributed by atoms with van der Waals surface area (Å²) in [5.74, 6) is -0.367. The molecule has 0 fully saturated rings. The molecule has 128 valence electrons. The normalized spacial score (nSPS) is 10.8. The van der Waals surface area contributed by atoms with E-state index in [-0.39, 0.29) is 28.2 Å². The van der Waals surface area contributed by atoms with Gasteiger partial charge in [0.05, 0.1) is 4.43 Å². The maximum Gasteiger partial charge on any atom is 0.347 e. The third-order valence-electron chi connectivity index (χ3n) is 3.85. The topological polar surface area (TPSA) is 80.1 Å². The van der Waals surface area contributed by atoms with Crippen molar-refractivity contribution in [2.24, 2.45) is 0 Å². The lowest BCUT2D eigenvalue weighted by Gasteiger charge is -2.18. The average molecular weight is 355 g/mol. The molecule has 0 aliphatic heterocycles. The third-order valence-corrected chi connectivity index (χ3v) is 4.85. The number of aryl methyl sites for hydroxylation is 1. The second-order valence-corrected chi connectivity index (χ2v) is 6.61. The van der Waals surface area contributed by atoms with Gasteiger partial charge in [-0.3, -0.25) is 4.79 Å². The molecular formula is C18H17N3O3S. The number of thioether (sulfide) groups is 1. The predicted molar refractivity (Wildman–Crippen MR) is 98.2 cm³/mol. The van der Waals surface area contributed by atoms with E-state index in [0.717, 1.165) is 10.5 Å². The van der Waals surface area contributed by atoms with E-state index in [0.29, 0.717) is 9.16 Å². The number of nitrogens with zero attached hydrogens (tertiary/aromatic N) is 2. The molecular weight excluding hydrogens is 338 g/mol. The first-order valence-corrected chi connectivity index (χ1v) is 8.69. The first-order chi connectivity index (χ1) is 12.0. The largest absolute Gasteiger partial charge is 0.805 e. The van der Waals surface area contributed by atoms with Crippen molar-refractivity contribution in [3.05, 3.63) is 75.6 Å². The summed E-state index contributed by atoms with van der Waals surface area (Å²) in [6, 6.07) is 14.3. The smallest absolute Gasteiger partial charge is 0.347 e. The van der Waals surface area contributed by atoms with E-state index in [2.05, 4.69) is 5.32 Å². The molecule has 0 unspecified atom stereocenters. The van der Waals surface area contributed by atoms with Crippen LogP contribution in [0, 0.1) is 17.0 Å². The molecule has 3 rings (SSSR count). The number of para-hydroxylation sites is 2. The molecule has 1 N–H and O–H groups in total. The summed E-state index contributed by atoms with van der Waals surface area (Å²) in [4.78, 5) is 25.9. The molecule has 0 bridgehead atoms. The van der Waals surface area contributed by atoms with Crippen LogP contribution >= 0.6 is 11.8 Å². The Balaban J connectivity index is 2.13. The summed E-state index contributed by atoms with van der Waals surface area (Å²) in [6.07, 6.45) is 0. The zero-order valence-corrected chi connectivity index (χ0v) is 14.7. The number of carbonyl (C=O) groups excluding carboxylic acids is 1. The molecule has 7 heteroatoms. The lowest BCUT2D eigenvalue weighted by molar-refractivity contribution is -0.468. The molecule has 3 aromatic rings. The van der Waals surface area contributed by atoms with Crippen LogP contribution in [0.5, 0.6) is 0 Å². The zero-order chi connectivity index (χ0) is 18.0. The van der Waals surface area contributed by atoms with Crippen LogP contribution in [-0.2, 0) is 5.75 Å². The summed E-state index contributed by atoms with van der Waals surface area (Å²) in [5.41, 5.74) is 1.48. The van der Waals surface area contributed by atoms with E-state index < -0.39 is 5.91 Å². The lowest BCUT2D eigenvalue weighted by atomic mass is 10.2.